The average molecular weight is 408 g/mol. The molecule has 8 heteroatoms. The maximum Gasteiger partial charge on any atom is 0.418 e. The van der Waals surface area contributed by atoms with Gasteiger partial charge in [0.15, 0.2) is 5.11 Å². The van der Waals surface area contributed by atoms with Gasteiger partial charge in [-0.2, -0.15) is 13.2 Å². The van der Waals surface area contributed by atoms with Gasteiger partial charge in [0, 0.05) is 6.54 Å². The summed E-state index contributed by atoms with van der Waals surface area (Å²) in [5.41, 5.74) is -0.193. The number of hydrogen-bond donors (Lipinski definition) is 1. The first kappa shape index (κ1) is 19.9. The van der Waals surface area contributed by atoms with E-state index in [4.69, 9.17) is 16.6 Å². The number of nitrogens with zero attached hydrogens (tertiary/aromatic N) is 1. The molecule has 0 atom stereocenters. The number of thiocarbonyl (C=S) groups is 1. The lowest BCUT2D eigenvalue weighted by atomic mass is 10.1. The lowest BCUT2D eigenvalue weighted by molar-refractivity contribution is -0.136. The molecule has 1 heterocycles. The van der Waals surface area contributed by atoms with Crippen LogP contribution in [-0.4, -0.2) is 10.0 Å². The topological polar surface area (TPSA) is 28.4 Å². The summed E-state index contributed by atoms with van der Waals surface area (Å²) in [6.45, 7) is 0.505. The van der Waals surface area contributed by atoms with E-state index < -0.39 is 11.7 Å². The molecule has 1 aromatic heterocycles. The summed E-state index contributed by atoms with van der Waals surface area (Å²) < 4.78 is 58.2. The van der Waals surface area contributed by atoms with Crippen LogP contribution in [0.2, 0.25) is 0 Å². The van der Waals surface area contributed by atoms with Gasteiger partial charge < -0.3 is 14.6 Å². The van der Waals surface area contributed by atoms with Gasteiger partial charge in [-0.1, -0.05) is 24.3 Å². The Morgan fingerprint density at radius 2 is 1.68 bits per heavy atom. The van der Waals surface area contributed by atoms with Gasteiger partial charge in [-0.25, -0.2) is 4.39 Å². The molecule has 0 saturated heterocycles. The van der Waals surface area contributed by atoms with Crippen molar-refractivity contribution in [1.82, 2.24) is 4.90 Å². The Balaban J connectivity index is 1.83. The number of alkyl halides is 3. The Hall–Kier alpha value is -2.87. The first-order chi connectivity index (χ1) is 13.3. The Morgan fingerprint density at radius 1 is 0.964 bits per heavy atom. The first-order valence-electron chi connectivity index (χ1n) is 8.32. The third-order valence-electron chi connectivity index (χ3n) is 3.97. The largest absolute Gasteiger partial charge is 0.467 e. The number of para-hydroxylation sites is 1. The molecule has 1 N–H and O–H groups in total. The average Bonchev–Trinajstić information content (AvgIpc) is 3.15. The second kappa shape index (κ2) is 8.43. The molecule has 0 fully saturated rings. The van der Waals surface area contributed by atoms with Crippen LogP contribution < -0.4 is 5.32 Å². The second-order valence-electron chi connectivity index (χ2n) is 6.04. The van der Waals surface area contributed by atoms with Crippen molar-refractivity contribution in [3.8, 4) is 0 Å². The Labute approximate surface area is 164 Å². The van der Waals surface area contributed by atoms with Gasteiger partial charge in [0.25, 0.3) is 0 Å². The normalized spacial score (nSPS) is 11.3. The van der Waals surface area contributed by atoms with Crippen LogP contribution in [0, 0.1) is 5.82 Å². The van der Waals surface area contributed by atoms with Gasteiger partial charge in [0.1, 0.15) is 11.6 Å². The molecule has 0 aliphatic carbocycles. The predicted molar refractivity (Wildman–Crippen MR) is 102 cm³/mol. The molecule has 2 aromatic carbocycles. The summed E-state index contributed by atoms with van der Waals surface area (Å²) in [6.07, 6.45) is -3.01. The summed E-state index contributed by atoms with van der Waals surface area (Å²) >= 11 is 5.37. The fourth-order valence-electron chi connectivity index (χ4n) is 2.63. The van der Waals surface area contributed by atoms with Gasteiger partial charge in [-0.05, 0) is 54.2 Å². The second-order valence-corrected chi connectivity index (χ2v) is 6.42. The zero-order valence-corrected chi connectivity index (χ0v) is 15.4. The Kier molecular flexibility index (Phi) is 5.99. The number of nitrogens with one attached hydrogen (secondary N) is 1. The monoisotopic (exact) mass is 408 g/mol. The molecule has 0 unspecified atom stereocenters. The summed E-state index contributed by atoms with van der Waals surface area (Å²) in [7, 11) is 0. The molecule has 28 heavy (non-hydrogen) atoms. The molecule has 3 rings (SSSR count). The quantitative estimate of drug-likeness (QED) is 0.424. The Morgan fingerprint density at radius 3 is 2.32 bits per heavy atom. The van der Waals surface area contributed by atoms with E-state index in [0.29, 0.717) is 5.76 Å². The number of benzene rings is 2. The minimum absolute atomic E-state index is 0.0948. The number of hydrogen-bond acceptors (Lipinski definition) is 2. The van der Waals surface area contributed by atoms with Crippen molar-refractivity contribution in [2.75, 3.05) is 5.32 Å². The van der Waals surface area contributed by atoms with Crippen molar-refractivity contribution in [3.63, 3.8) is 0 Å². The fraction of sp³-hybridized carbons (Fsp3) is 0.150. The van der Waals surface area contributed by atoms with Crippen LogP contribution in [0.1, 0.15) is 16.9 Å². The highest BCUT2D eigenvalue weighted by molar-refractivity contribution is 7.80. The van der Waals surface area contributed by atoms with Crippen LogP contribution in [0.15, 0.2) is 71.3 Å². The van der Waals surface area contributed by atoms with Crippen molar-refractivity contribution in [2.24, 2.45) is 0 Å². The molecule has 0 radical (unpaired) electrons. The Bertz CT molecular complexity index is 924. The lowest BCUT2D eigenvalue weighted by Gasteiger charge is -2.26. The fourth-order valence-corrected chi connectivity index (χ4v) is 2.87. The standard InChI is InChI=1S/C20H16F4N2OS/c21-15-9-7-14(8-10-15)12-26(13-16-4-3-11-27-16)19(28)25-18-6-2-1-5-17(18)20(22,23)24/h1-11H,12-13H2,(H,25,28). The van der Waals surface area contributed by atoms with E-state index in [1.807, 2.05) is 0 Å². The van der Waals surface area contributed by atoms with Crippen molar-refractivity contribution in [1.29, 1.82) is 0 Å². The van der Waals surface area contributed by atoms with Crippen LogP contribution in [-0.2, 0) is 19.3 Å². The van der Waals surface area contributed by atoms with Gasteiger partial charge in [-0.3, -0.25) is 0 Å². The third-order valence-corrected chi connectivity index (χ3v) is 4.34. The van der Waals surface area contributed by atoms with Crippen molar-refractivity contribution < 1.29 is 22.0 Å². The first-order valence-corrected chi connectivity index (χ1v) is 8.73. The molecule has 146 valence electrons. The van der Waals surface area contributed by atoms with Crippen molar-refractivity contribution >= 4 is 23.0 Å². The number of furan rings is 1. The van der Waals surface area contributed by atoms with E-state index in [-0.39, 0.29) is 29.7 Å². The maximum absolute atomic E-state index is 13.2. The van der Waals surface area contributed by atoms with Gasteiger partial charge >= 0.3 is 6.18 Å². The van der Waals surface area contributed by atoms with Crippen molar-refractivity contribution in [3.05, 3.63) is 89.6 Å². The SMILES string of the molecule is Fc1ccc(CN(Cc2ccco2)C(=S)Nc2ccccc2C(F)(F)F)cc1. The smallest absolute Gasteiger partial charge is 0.418 e. The molecule has 0 amide bonds. The third kappa shape index (κ3) is 5.10. The zero-order chi connectivity index (χ0) is 20.1. The minimum atomic E-state index is -4.51. The summed E-state index contributed by atoms with van der Waals surface area (Å²) in [5.74, 6) is 0.219. The molecular formula is C20H16F4N2OS. The molecule has 0 spiro atoms. The van der Waals surface area contributed by atoms with E-state index in [1.165, 1.54) is 36.6 Å². The van der Waals surface area contributed by atoms with Crippen LogP contribution >= 0.6 is 12.2 Å². The van der Waals surface area contributed by atoms with Crippen LogP contribution in [0.25, 0.3) is 0 Å². The summed E-state index contributed by atoms with van der Waals surface area (Å²) in [4.78, 5) is 1.65. The number of rotatable bonds is 5. The molecule has 3 aromatic rings. The van der Waals surface area contributed by atoms with Crippen LogP contribution in [0.5, 0.6) is 0 Å². The van der Waals surface area contributed by atoms with E-state index in [0.717, 1.165) is 11.6 Å². The molecule has 0 bridgehead atoms. The zero-order valence-electron chi connectivity index (χ0n) is 14.5. The number of halogens is 4. The highest BCUT2D eigenvalue weighted by Gasteiger charge is 2.33. The van der Waals surface area contributed by atoms with Crippen molar-refractivity contribution in [2.45, 2.75) is 19.3 Å². The molecule has 0 saturated carbocycles. The molecule has 3 nitrogen and oxygen atoms in total. The molecule has 0 aliphatic heterocycles. The van der Waals surface area contributed by atoms with E-state index in [1.54, 1.807) is 29.2 Å². The minimum Gasteiger partial charge on any atom is -0.467 e. The number of anilines is 1. The lowest BCUT2D eigenvalue weighted by Crippen LogP contribution is -2.34. The molecule has 0 aliphatic rings. The maximum atomic E-state index is 13.2. The van der Waals surface area contributed by atoms with Crippen LogP contribution in [0.4, 0.5) is 23.2 Å². The van der Waals surface area contributed by atoms with Gasteiger partial charge in [-0.15, -0.1) is 0 Å². The van der Waals surface area contributed by atoms with Crippen LogP contribution in [0.3, 0.4) is 0 Å². The van der Waals surface area contributed by atoms with Gasteiger partial charge in [0.05, 0.1) is 24.1 Å². The summed E-state index contributed by atoms with van der Waals surface area (Å²) in [5, 5.41) is 2.78. The van der Waals surface area contributed by atoms with E-state index in [2.05, 4.69) is 5.32 Å². The highest BCUT2D eigenvalue weighted by Crippen LogP contribution is 2.34. The van der Waals surface area contributed by atoms with E-state index >= 15 is 0 Å². The summed E-state index contributed by atoms with van der Waals surface area (Å²) in [6, 6.07) is 14.4. The van der Waals surface area contributed by atoms with Gasteiger partial charge in [0.2, 0.25) is 0 Å². The molecular weight excluding hydrogens is 392 g/mol. The predicted octanol–water partition coefficient (Wildman–Crippen LogP) is 5.84. The highest BCUT2D eigenvalue weighted by atomic mass is 32.1. The van der Waals surface area contributed by atoms with E-state index in [9.17, 15) is 17.6 Å².